The zero-order valence-corrected chi connectivity index (χ0v) is 13.8. The molecule has 8 heteroatoms. The maximum Gasteiger partial charge on any atom is 0.329 e. The minimum Gasteiger partial charge on any atom is -0.379 e. The molecule has 0 bridgehead atoms. The lowest BCUT2D eigenvalue weighted by Crippen LogP contribution is -2.35. The molecule has 3 rings (SSSR count). The summed E-state index contributed by atoms with van der Waals surface area (Å²) in [5.41, 5.74) is -0.116. The summed E-state index contributed by atoms with van der Waals surface area (Å²) >= 11 is 0. The number of nitrogens with one attached hydrogen (secondary N) is 2. The first kappa shape index (κ1) is 15.8. The van der Waals surface area contributed by atoms with E-state index < -0.39 is 11.2 Å². The summed E-state index contributed by atoms with van der Waals surface area (Å²) in [6.45, 7) is 0. The Bertz CT molecular complexity index is 819. The van der Waals surface area contributed by atoms with Gasteiger partial charge in [0.15, 0.2) is 11.2 Å². The van der Waals surface area contributed by atoms with Crippen LogP contribution in [0.4, 0.5) is 5.95 Å². The van der Waals surface area contributed by atoms with Crippen molar-refractivity contribution in [3.63, 3.8) is 0 Å². The summed E-state index contributed by atoms with van der Waals surface area (Å²) in [7, 11) is 5.10. The molecule has 0 spiro atoms. The first-order chi connectivity index (χ1) is 11.0. The highest BCUT2D eigenvalue weighted by Crippen LogP contribution is 2.24. The fourth-order valence-corrected chi connectivity index (χ4v) is 3.32. The van der Waals surface area contributed by atoms with Gasteiger partial charge in [0.1, 0.15) is 0 Å². The van der Waals surface area contributed by atoms with Crippen LogP contribution in [0.5, 0.6) is 0 Å². The minimum absolute atomic E-state index is 0.124. The molecule has 0 aliphatic heterocycles. The van der Waals surface area contributed by atoms with E-state index in [1.54, 1.807) is 25.8 Å². The molecule has 126 valence electrons. The van der Waals surface area contributed by atoms with Gasteiger partial charge >= 0.3 is 5.69 Å². The number of methoxy groups -OCH3 is 1. The number of rotatable bonds is 3. The number of hydrogen-bond donors (Lipinski definition) is 2. The molecule has 0 radical (unpaired) electrons. The quantitative estimate of drug-likeness (QED) is 0.813. The fraction of sp³-hybridized carbons (Fsp3) is 0.667. The zero-order valence-electron chi connectivity index (χ0n) is 13.8. The van der Waals surface area contributed by atoms with E-state index in [-0.39, 0.29) is 12.1 Å². The van der Waals surface area contributed by atoms with Gasteiger partial charge in [-0.05, 0) is 12.8 Å². The van der Waals surface area contributed by atoms with Crippen molar-refractivity contribution in [1.82, 2.24) is 19.1 Å². The molecule has 1 aliphatic rings. The Morgan fingerprint density at radius 2 is 1.91 bits per heavy atom. The Kier molecular flexibility index (Phi) is 4.25. The van der Waals surface area contributed by atoms with Crippen molar-refractivity contribution in [3.05, 3.63) is 20.8 Å². The van der Waals surface area contributed by atoms with E-state index >= 15 is 0 Å². The van der Waals surface area contributed by atoms with Gasteiger partial charge in [0, 0.05) is 21.2 Å². The van der Waals surface area contributed by atoms with E-state index in [0.717, 1.165) is 25.7 Å². The Morgan fingerprint density at radius 3 is 2.65 bits per heavy atom. The van der Waals surface area contributed by atoms with Crippen LogP contribution in [0.15, 0.2) is 9.59 Å². The summed E-state index contributed by atoms with van der Waals surface area (Å²) < 4.78 is 8.66. The lowest BCUT2D eigenvalue weighted by atomic mass is 10.1. The molecule has 1 aliphatic carbocycles. The second-order valence-electron chi connectivity index (χ2n) is 6.15. The standard InChI is InChI=1S/C15H23N5O3/c1-19-11-12(20(2)15(22)18-13(11)21)17-14(19)16-9-7-5-4-6-8-10(9)23-3/h9-10H,4-8H2,1-3H3,(H,16,17)(H,18,21,22)/t9-,10-/m0/s1. The number of nitrogens with zero attached hydrogens (tertiary/aromatic N) is 3. The van der Waals surface area contributed by atoms with E-state index in [4.69, 9.17) is 4.74 Å². The molecule has 1 fully saturated rings. The molecule has 0 unspecified atom stereocenters. The average molecular weight is 321 g/mol. The van der Waals surface area contributed by atoms with Crippen LogP contribution in [0.2, 0.25) is 0 Å². The van der Waals surface area contributed by atoms with Gasteiger partial charge in [-0.3, -0.25) is 14.3 Å². The van der Waals surface area contributed by atoms with Gasteiger partial charge in [0.2, 0.25) is 5.95 Å². The lowest BCUT2D eigenvalue weighted by Gasteiger charge is -2.25. The van der Waals surface area contributed by atoms with Crippen molar-refractivity contribution < 1.29 is 4.74 Å². The minimum atomic E-state index is -0.462. The summed E-state index contributed by atoms with van der Waals surface area (Å²) in [4.78, 5) is 30.6. The Balaban J connectivity index is 2.01. The van der Waals surface area contributed by atoms with Gasteiger partial charge in [0.25, 0.3) is 5.56 Å². The maximum absolute atomic E-state index is 12.1. The van der Waals surface area contributed by atoms with Gasteiger partial charge in [-0.25, -0.2) is 4.79 Å². The van der Waals surface area contributed by atoms with Crippen molar-refractivity contribution in [2.45, 2.75) is 44.2 Å². The molecule has 23 heavy (non-hydrogen) atoms. The molecule has 0 amide bonds. The van der Waals surface area contributed by atoms with Gasteiger partial charge in [0.05, 0.1) is 12.1 Å². The first-order valence-corrected chi connectivity index (χ1v) is 7.98. The zero-order chi connectivity index (χ0) is 16.6. The SMILES string of the molecule is CO[C@H]1CCCCC[C@@H]1Nc1nc2c(c(=O)[nH]c(=O)n2C)n1C. The number of anilines is 1. The highest BCUT2D eigenvalue weighted by molar-refractivity contribution is 5.73. The molecule has 8 nitrogen and oxygen atoms in total. The molecule has 0 saturated heterocycles. The van der Waals surface area contributed by atoms with Crippen LogP contribution in [-0.2, 0) is 18.8 Å². The summed E-state index contributed by atoms with van der Waals surface area (Å²) in [5.74, 6) is 0.584. The predicted octanol–water partition coefficient (Wildman–Crippen LogP) is 0.720. The van der Waals surface area contributed by atoms with Crippen molar-refractivity contribution in [2.75, 3.05) is 12.4 Å². The number of aromatic nitrogens is 4. The monoisotopic (exact) mass is 321 g/mol. The Hall–Kier alpha value is -2.09. The van der Waals surface area contributed by atoms with Crippen LogP contribution in [0.1, 0.15) is 32.1 Å². The number of ether oxygens (including phenoxy) is 1. The third-order valence-electron chi connectivity index (χ3n) is 4.70. The molecule has 2 aromatic heterocycles. The number of aromatic amines is 1. The summed E-state index contributed by atoms with van der Waals surface area (Å²) in [6, 6.07) is 0.147. The number of aryl methyl sites for hydroxylation is 2. The normalized spacial score (nSPS) is 22.2. The average Bonchev–Trinajstić information content (AvgIpc) is 2.71. The van der Waals surface area contributed by atoms with Crippen LogP contribution in [0.3, 0.4) is 0 Å². The third kappa shape index (κ3) is 2.78. The summed E-state index contributed by atoms with van der Waals surface area (Å²) in [5, 5.41) is 3.41. The van der Waals surface area contributed by atoms with Crippen LogP contribution in [0.25, 0.3) is 11.2 Å². The van der Waals surface area contributed by atoms with Crippen LogP contribution in [0, 0.1) is 0 Å². The van der Waals surface area contributed by atoms with Crippen molar-refractivity contribution >= 4 is 17.1 Å². The highest BCUT2D eigenvalue weighted by atomic mass is 16.5. The molecule has 2 N–H and O–H groups in total. The van der Waals surface area contributed by atoms with Crippen molar-refractivity contribution in [1.29, 1.82) is 0 Å². The Labute approximate surface area is 133 Å². The van der Waals surface area contributed by atoms with Crippen molar-refractivity contribution in [2.24, 2.45) is 14.1 Å². The fourth-order valence-electron chi connectivity index (χ4n) is 3.32. The van der Waals surface area contributed by atoms with E-state index in [0.29, 0.717) is 17.1 Å². The van der Waals surface area contributed by atoms with Gasteiger partial charge in [-0.2, -0.15) is 4.98 Å². The molecular formula is C15H23N5O3. The second kappa shape index (κ2) is 6.19. The molecule has 2 atom stereocenters. The van der Waals surface area contributed by atoms with Crippen molar-refractivity contribution in [3.8, 4) is 0 Å². The molecule has 1 saturated carbocycles. The van der Waals surface area contributed by atoms with Crippen LogP contribution in [-0.4, -0.2) is 38.4 Å². The number of fused-ring (bicyclic) bond motifs is 1. The Morgan fingerprint density at radius 1 is 1.17 bits per heavy atom. The van der Waals surface area contributed by atoms with E-state index in [9.17, 15) is 9.59 Å². The molecule has 0 aromatic carbocycles. The molecule has 2 aromatic rings. The summed E-state index contributed by atoms with van der Waals surface area (Å²) in [6.07, 6.45) is 5.64. The maximum atomic E-state index is 12.1. The first-order valence-electron chi connectivity index (χ1n) is 7.98. The second-order valence-corrected chi connectivity index (χ2v) is 6.15. The van der Waals surface area contributed by atoms with E-state index in [2.05, 4.69) is 15.3 Å². The number of imidazole rings is 1. The molecule has 2 heterocycles. The lowest BCUT2D eigenvalue weighted by molar-refractivity contribution is 0.0804. The number of H-pyrrole nitrogens is 1. The largest absolute Gasteiger partial charge is 0.379 e. The smallest absolute Gasteiger partial charge is 0.329 e. The van der Waals surface area contributed by atoms with Crippen LogP contribution < -0.4 is 16.6 Å². The van der Waals surface area contributed by atoms with E-state index in [1.807, 2.05) is 0 Å². The van der Waals surface area contributed by atoms with Crippen LogP contribution >= 0.6 is 0 Å². The van der Waals surface area contributed by atoms with Gasteiger partial charge < -0.3 is 14.6 Å². The molecular weight excluding hydrogens is 298 g/mol. The number of hydrogen-bond acceptors (Lipinski definition) is 5. The van der Waals surface area contributed by atoms with E-state index in [1.165, 1.54) is 11.0 Å². The third-order valence-corrected chi connectivity index (χ3v) is 4.70. The highest BCUT2D eigenvalue weighted by Gasteiger charge is 2.25. The van der Waals surface area contributed by atoms with Gasteiger partial charge in [-0.15, -0.1) is 0 Å². The van der Waals surface area contributed by atoms with Gasteiger partial charge in [-0.1, -0.05) is 19.3 Å². The predicted molar refractivity (Wildman–Crippen MR) is 87.9 cm³/mol. The topological polar surface area (TPSA) is 93.9 Å².